The number of benzene rings is 1. The summed E-state index contributed by atoms with van der Waals surface area (Å²) >= 11 is 0. The number of piperazine rings is 1. The summed E-state index contributed by atoms with van der Waals surface area (Å²) in [6, 6.07) is 5.78. The second kappa shape index (κ2) is 8.03. The minimum atomic E-state index is 0.0522. The zero-order valence-electron chi connectivity index (χ0n) is 13.7. The van der Waals surface area contributed by atoms with Crippen molar-refractivity contribution < 1.29 is 14.3 Å². The number of hydrogen-bond donors (Lipinski definition) is 1. The topological polar surface area (TPSA) is 50.8 Å². The zero-order valence-corrected chi connectivity index (χ0v) is 13.7. The summed E-state index contributed by atoms with van der Waals surface area (Å²) in [7, 11) is 0. The first-order valence-electron chi connectivity index (χ1n) is 8.08. The summed E-state index contributed by atoms with van der Waals surface area (Å²) in [4.78, 5) is 14.5. The molecular formula is C17H26N2O3. The van der Waals surface area contributed by atoms with Gasteiger partial charge >= 0.3 is 0 Å². The monoisotopic (exact) mass is 306 g/mol. The number of nitrogens with one attached hydrogen (secondary N) is 1. The van der Waals surface area contributed by atoms with Gasteiger partial charge in [0.25, 0.3) is 5.91 Å². The summed E-state index contributed by atoms with van der Waals surface area (Å²) in [5, 5.41) is 3.34. The van der Waals surface area contributed by atoms with Gasteiger partial charge in [0.1, 0.15) is 0 Å². The number of ether oxygens (including phenoxy) is 2. The lowest BCUT2D eigenvalue weighted by molar-refractivity contribution is 0.0708. The molecule has 0 aromatic heterocycles. The molecule has 1 aromatic rings. The van der Waals surface area contributed by atoms with Crippen molar-refractivity contribution in [3.63, 3.8) is 0 Å². The van der Waals surface area contributed by atoms with E-state index in [9.17, 15) is 4.79 Å². The third-order valence-electron chi connectivity index (χ3n) is 3.61. The van der Waals surface area contributed by atoms with Gasteiger partial charge in [0.05, 0.1) is 13.2 Å². The van der Waals surface area contributed by atoms with Crippen LogP contribution in [-0.2, 0) is 0 Å². The fourth-order valence-corrected chi connectivity index (χ4v) is 2.54. The van der Waals surface area contributed by atoms with Gasteiger partial charge in [-0.1, -0.05) is 6.92 Å². The van der Waals surface area contributed by atoms with Crippen LogP contribution < -0.4 is 14.8 Å². The van der Waals surface area contributed by atoms with Crippen molar-refractivity contribution in [2.45, 2.75) is 33.2 Å². The van der Waals surface area contributed by atoms with E-state index in [0.717, 1.165) is 26.1 Å². The van der Waals surface area contributed by atoms with Gasteiger partial charge in [-0.25, -0.2) is 0 Å². The Hall–Kier alpha value is -1.75. The minimum Gasteiger partial charge on any atom is -0.490 e. The molecular weight excluding hydrogens is 280 g/mol. The van der Waals surface area contributed by atoms with Crippen molar-refractivity contribution in [1.29, 1.82) is 0 Å². The van der Waals surface area contributed by atoms with Crippen LogP contribution in [0.3, 0.4) is 0 Å². The quantitative estimate of drug-likeness (QED) is 0.876. The Kier molecular flexibility index (Phi) is 6.07. The van der Waals surface area contributed by atoms with E-state index in [2.05, 4.69) is 19.2 Å². The SMILES string of the molecule is CCCOc1ccc(C(=O)N2CCNC(C)C2)cc1OCC. The molecule has 1 atom stereocenters. The summed E-state index contributed by atoms with van der Waals surface area (Å²) in [5.41, 5.74) is 0.654. The van der Waals surface area contributed by atoms with Crippen LogP contribution in [0.2, 0.25) is 0 Å². The number of hydrogen-bond acceptors (Lipinski definition) is 4. The van der Waals surface area contributed by atoms with Gasteiger partial charge in [0.2, 0.25) is 0 Å². The van der Waals surface area contributed by atoms with E-state index in [4.69, 9.17) is 9.47 Å². The zero-order chi connectivity index (χ0) is 15.9. The summed E-state index contributed by atoms with van der Waals surface area (Å²) in [6.07, 6.45) is 0.935. The van der Waals surface area contributed by atoms with Crippen LogP contribution in [0.15, 0.2) is 18.2 Å². The van der Waals surface area contributed by atoms with E-state index in [-0.39, 0.29) is 5.91 Å². The fraction of sp³-hybridized carbons (Fsp3) is 0.588. The van der Waals surface area contributed by atoms with E-state index in [0.29, 0.717) is 36.3 Å². The number of amides is 1. The second-order valence-corrected chi connectivity index (χ2v) is 5.55. The van der Waals surface area contributed by atoms with Gasteiger partial charge < -0.3 is 19.7 Å². The third-order valence-corrected chi connectivity index (χ3v) is 3.61. The molecule has 5 nitrogen and oxygen atoms in total. The highest BCUT2D eigenvalue weighted by molar-refractivity contribution is 5.95. The summed E-state index contributed by atoms with van der Waals surface area (Å²) in [5.74, 6) is 1.40. The lowest BCUT2D eigenvalue weighted by Gasteiger charge is -2.32. The lowest BCUT2D eigenvalue weighted by Crippen LogP contribution is -2.51. The van der Waals surface area contributed by atoms with Gasteiger partial charge in [-0.05, 0) is 38.5 Å². The van der Waals surface area contributed by atoms with Crippen LogP contribution in [0.1, 0.15) is 37.6 Å². The van der Waals surface area contributed by atoms with Crippen molar-refractivity contribution in [3.8, 4) is 11.5 Å². The van der Waals surface area contributed by atoms with Gasteiger partial charge in [-0.15, -0.1) is 0 Å². The Balaban J connectivity index is 2.16. The van der Waals surface area contributed by atoms with Crippen molar-refractivity contribution in [1.82, 2.24) is 10.2 Å². The average Bonchev–Trinajstić information content (AvgIpc) is 2.53. The highest BCUT2D eigenvalue weighted by Crippen LogP contribution is 2.29. The standard InChI is InChI=1S/C17H26N2O3/c1-4-10-22-15-7-6-14(11-16(15)21-5-2)17(20)19-9-8-18-13(3)12-19/h6-7,11,13,18H,4-5,8-10,12H2,1-3H3. The van der Waals surface area contributed by atoms with E-state index in [1.165, 1.54) is 0 Å². The first-order chi connectivity index (χ1) is 10.7. The minimum absolute atomic E-state index is 0.0522. The first-order valence-corrected chi connectivity index (χ1v) is 8.08. The largest absolute Gasteiger partial charge is 0.490 e. The molecule has 1 N–H and O–H groups in total. The second-order valence-electron chi connectivity index (χ2n) is 5.55. The van der Waals surface area contributed by atoms with Gasteiger partial charge in [0.15, 0.2) is 11.5 Å². The molecule has 1 fully saturated rings. The molecule has 2 rings (SSSR count). The van der Waals surface area contributed by atoms with E-state index in [1.54, 1.807) is 6.07 Å². The number of carbonyl (C=O) groups is 1. The molecule has 1 saturated heterocycles. The number of nitrogens with zero attached hydrogens (tertiary/aromatic N) is 1. The Labute approximate surface area is 132 Å². The van der Waals surface area contributed by atoms with Crippen molar-refractivity contribution in [3.05, 3.63) is 23.8 Å². The Morgan fingerprint density at radius 3 is 2.82 bits per heavy atom. The van der Waals surface area contributed by atoms with Gasteiger partial charge in [-0.3, -0.25) is 4.79 Å². The van der Waals surface area contributed by atoms with Crippen LogP contribution in [-0.4, -0.2) is 49.7 Å². The van der Waals surface area contributed by atoms with Crippen molar-refractivity contribution in [2.24, 2.45) is 0 Å². The molecule has 1 unspecified atom stereocenters. The van der Waals surface area contributed by atoms with E-state index < -0.39 is 0 Å². The molecule has 0 aliphatic carbocycles. The Bertz CT molecular complexity index is 505. The average molecular weight is 306 g/mol. The normalized spacial score (nSPS) is 18.1. The maximum Gasteiger partial charge on any atom is 0.254 e. The van der Waals surface area contributed by atoms with Crippen LogP contribution >= 0.6 is 0 Å². The Morgan fingerprint density at radius 1 is 1.32 bits per heavy atom. The molecule has 1 aliphatic rings. The maximum atomic E-state index is 12.6. The molecule has 0 spiro atoms. The molecule has 1 heterocycles. The molecule has 22 heavy (non-hydrogen) atoms. The predicted molar refractivity (Wildman–Crippen MR) is 86.8 cm³/mol. The molecule has 1 aromatic carbocycles. The molecule has 0 bridgehead atoms. The molecule has 0 radical (unpaired) electrons. The fourth-order valence-electron chi connectivity index (χ4n) is 2.54. The maximum absolute atomic E-state index is 12.6. The summed E-state index contributed by atoms with van der Waals surface area (Å²) in [6.45, 7) is 9.57. The third kappa shape index (κ3) is 4.13. The molecule has 0 saturated carbocycles. The van der Waals surface area contributed by atoms with Crippen molar-refractivity contribution >= 4 is 5.91 Å². The van der Waals surface area contributed by atoms with Crippen molar-refractivity contribution in [2.75, 3.05) is 32.8 Å². The van der Waals surface area contributed by atoms with Gasteiger partial charge in [0, 0.05) is 31.2 Å². The first kappa shape index (κ1) is 16.6. The molecule has 1 aliphatic heterocycles. The molecule has 122 valence electrons. The van der Waals surface area contributed by atoms with Crippen LogP contribution in [0.5, 0.6) is 11.5 Å². The molecule has 5 heteroatoms. The van der Waals surface area contributed by atoms with E-state index in [1.807, 2.05) is 24.0 Å². The smallest absolute Gasteiger partial charge is 0.254 e. The van der Waals surface area contributed by atoms with E-state index >= 15 is 0 Å². The highest BCUT2D eigenvalue weighted by Gasteiger charge is 2.22. The predicted octanol–water partition coefficient (Wildman–Crippen LogP) is 2.31. The lowest BCUT2D eigenvalue weighted by atomic mass is 10.1. The summed E-state index contributed by atoms with van der Waals surface area (Å²) < 4.78 is 11.3. The number of carbonyl (C=O) groups excluding carboxylic acids is 1. The van der Waals surface area contributed by atoms with Gasteiger partial charge in [-0.2, -0.15) is 0 Å². The van der Waals surface area contributed by atoms with Crippen LogP contribution in [0, 0.1) is 0 Å². The highest BCUT2D eigenvalue weighted by atomic mass is 16.5. The molecule has 1 amide bonds. The van der Waals surface area contributed by atoms with Crippen LogP contribution in [0.25, 0.3) is 0 Å². The Morgan fingerprint density at radius 2 is 2.14 bits per heavy atom. The number of rotatable bonds is 6. The van der Waals surface area contributed by atoms with Crippen LogP contribution in [0.4, 0.5) is 0 Å².